The molecule has 17 heavy (non-hydrogen) atoms. The molecule has 4 nitrogen and oxygen atoms in total. The van der Waals surface area contributed by atoms with Crippen molar-refractivity contribution >= 4 is 10.0 Å². The van der Waals surface area contributed by atoms with Crippen molar-refractivity contribution in [2.45, 2.75) is 38.3 Å². The molecule has 8 heteroatoms. The van der Waals surface area contributed by atoms with Crippen molar-refractivity contribution < 1.29 is 26.3 Å². The molecule has 104 valence electrons. The van der Waals surface area contributed by atoms with Crippen molar-refractivity contribution in [2.75, 3.05) is 19.0 Å². The summed E-state index contributed by atoms with van der Waals surface area (Å²) in [5.74, 6) is -0.0536. The van der Waals surface area contributed by atoms with E-state index in [0.29, 0.717) is 19.3 Å². The predicted molar refractivity (Wildman–Crippen MR) is 57.9 cm³/mol. The Kier molecular flexibility index (Phi) is 7.73. The summed E-state index contributed by atoms with van der Waals surface area (Å²) in [6, 6.07) is 0. The molecule has 0 aliphatic carbocycles. The summed E-state index contributed by atoms with van der Waals surface area (Å²) in [5.41, 5.74) is 0. The van der Waals surface area contributed by atoms with Crippen LogP contribution in [0.25, 0.3) is 0 Å². The Balaban J connectivity index is 3.20. The lowest BCUT2D eigenvalue weighted by molar-refractivity contribution is -0.145. The molecule has 0 aliphatic heterocycles. The summed E-state index contributed by atoms with van der Waals surface area (Å²) in [6.45, 7) is -0.0495. The second-order valence-electron chi connectivity index (χ2n) is 3.76. The minimum absolute atomic E-state index is 0.0536. The van der Waals surface area contributed by atoms with Crippen LogP contribution in [-0.4, -0.2) is 33.6 Å². The minimum Gasteiger partial charge on any atom is -0.381 e. The van der Waals surface area contributed by atoms with Crippen LogP contribution in [0.3, 0.4) is 0 Å². The number of rotatable bonds is 9. The second kappa shape index (κ2) is 7.88. The van der Waals surface area contributed by atoms with Crippen molar-refractivity contribution in [2.24, 2.45) is 5.14 Å². The molecular formula is C9H18F3NO3S. The Morgan fingerprint density at radius 2 is 1.59 bits per heavy atom. The molecule has 0 spiro atoms. The second-order valence-corrected chi connectivity index (χ2v) is 5.49. The molecule has 0 aromatic rings. The van der Waals surface area contributed by atoms with E-state index in [2.05, 4.69) is 0 Å². The lowest BCUT2D eigenvalue weighted by Gasteiger charge is -2.06. The molecule has 0 fully saturated rings. The quantitative estimate of drug-likeness (QED) is 0.653. The summed E-state index contributed by atoms with van der Waals surface area (Å²) in [6.07, 6.45) is -2.60. The SMILES string of the molecule is NS(=O)(=O)CCCCCCOCCC(F)(F)F. The van der Waals surface area contributed by atoms with E-state index in [1.54, 1.807) is 0 Å². The lowest BCUT2D eigenvalue weighted by atomic mass is 10.2. The first kappa shape index (κ1) is 16.7. The molecule has 0 aromatic carbocycles. The third-order valence-corrected chi connectivity index (χ3v) is 2.86. The fourth-order valence-corrected chi connectivity index (χ4v) is 1.76. The van der Waals surface area contributed by atoms with Crippen LogP contribution in [0.15, 0.2) is 0 Å². The molecule has 0 atom stereocenters. The normalized spacial score (nSPS) is 12.9. The first-order valence-electron chi connectivity index (χ1n) is 5.36. The van der Waals surface area contributed by atoms with Gasteiger partial charge < -0.3 is 4.74 Å². The van der Waals surface area contributed by atoms with Crippen LogP contribution in [0, 0.1) is 0 Å². The van der Waals surface area contributed by atoms with Gasteiger partial charge in [-0.1, -0.05) is 12.8 Å². The zero-order valence-electron chi connectivity index (χ0n) is 9.50. The molecule has 0 heterocycles. The van der Waals surface area contributed by atoms with E-state index in [1.165, 1.54) is 0 Å². The highest BCUT2D eigenvalue weighted by Gasteiger charge is 2.26. The van der Waals surface area contributed by atoms with Crippen molar-refractivity contribution in [3.8, 4) is 0 Å². The molecule has 0 radical (unpaired) electrons. The summed E-state index contributed by atoms with van der Waals surface area (Å²) in [7, 11) is -3.40. The van der Waals surface area contributed by atoms with E-state index in [0.717, 1.165) is 6.42 Å². The maximum atomic E-state index is 11.7. The molecule has 0 aliphatic rings. The molecule has 0 rings (SSSR count). The summed E-state index contributed by atoms with van der Waals surface area (Å²) in [5, 5.41) is 4.80. The number of nitrogens with two attached hydrogens (primary N) is 1. The van der Waals surface area contributed by atoms with Gasteiger partial charge in [0.2, 0.25) is 10.0 Å². The summed E-state index contributed by atoms with van der Waals surface area (Å²) in [4.78, 5) is 0. The first-order valence-corrected chi connectivity index (χ1v) is 7.07. The number of halogens is 3. The van der Waals surface area contributed by atoms with Gasteiger partial charge in [-0.15, -0.1) is 0 Å². The van der Waals surface area contributed by atoms with Gasteiger partial charge in [-0.05, 0) is 12.8 Å². The fourth-order valence-electron chi connectivity index (χ4n) is 1.15. The van der Waals surface area contributed by atoms with Crippen LogP contribution in [0.4, 0.5) is 13.2 Å². The third-order valence-electron chi connectivity index (χ3n) is 2.00. The van der Waals surface area contributed by atoms with Gasteiger partial charge in [0.05, 0.1) is 18.8 Å². The number of alkyl halides is 3. The molecule has 0 bridgehead atoms. The topological polar surface area (TPSA) is 69.4 Å². The zero-order valence-corrected chi connectivity index (χ0v) is 10.3. The van der Waals surface area contributed by atoms with Crippen molar-refractivity contribution in [1.82, 2.24) is 0 Å². The standard InChI is InChI=1S/C9H18F3NO3S/c10-9(11,12)5-7-16-6-3-1-2-4-8-17(13,14)15/h1-8H2,(H2,13,14,15). The molecule has 0 amide bonds. The first-order chi connectivity index (χ1) is 7.71. The number of ether oxygens (including phenoxy) is 1. The Bertz CT molecular complexity index is 290. The Hall–Kier alpha value is -0.340. The van der Waals surface area contributed by atoms with Gasteiger partial charge in [0, 0.05) is 6.61 Å². The van der Waals surface area contributed by atoms with Gasteiger partial charge in [-0.25, -0.2) is 13.6 Å². The number of unbranched alkanes of at least 4 members (excludes halogenated alkanes) is 3. The van der Waals surface area contributed by atoms with Crippen LogP contribution in [-0.2, 0) is 14.8 Å². The average molecular weight is 277 g/mol. The zero-order chi connectivity index (χ0) is 13.4. The van der Waals surface area contributed by atoms with Crippen molar-refractivity contribution in [3.63, 3.8) is 0 Å². The van der Waals surface area contributed by atoms with Crippen LogP contribution in [0.5, 0.6) is 0 Å². The summed E-state index contributed by atoms with van der Waals surface area (Å²) < 4.78 is 61.0. The Labute approximate surface area is 99.4 Å². The largest absolute Gasteiger partial charge is 0.391 e. The van der Waals surface area contributed by atoms with E-state index in [4.69, 9.17) is 9.88 Å². The van der Waals surface area contributed by atoms with Crippen LogP contribution in [0.2, 0.25) is 0 Å². The van der Waals surface area contributed by atoms with Crippen molar-refractivity contribution in [3.05, 3.63) is 0 Å². The fraction of sp³-hybridized carbons (Fsp3) is 1.00. The number of sulfonamides is 1. The molecular weight excluding hydrogens is 259 g/mol. The smallest absolute Gasteiger partial charge is 0.381 e. The minimum atomic E-state index is -4.17. The van der Waals surface area contributed by atoms with E-state index in [9.17, 15) is 21.6 Å². The summed E-state index contributed by atoms with van der Waals surface area (Å²) >= 11 is 0. The van der Waals surface area contributed by atoms with Gasteiger partial charge >= 0.3 is 6.18 Å². The molecule has 0 unspecified atom stereocenters. The number of hydrogen-bond acceptors (Lipinski definition) is 3. The highest BCUT2D eigenvalue weighted by atomic mass is 32.2. The van der Waals surface area contributed by atoms with Crippen LogP contribution < -0.4 is 5.14 Å². The molecule has 2 N–H and O–H groups in total. The van der Waals surface area contributed by atoms with Crippen LogP contribution in [0.1, 0.15) is 32.1 Å². The highest BCUT2D eigenvalue weighted by molar-refractivity contribution is 7.89. The number of primary sulfonamides is 1. The maximum absolute atomic E-state index is 11.7. The van der Waals surface area contributed by atoms with Gasteiger partial charge in [-0.2, -0.15) is 13.2 Å². The van der Waals surface area contributed by atoms with Crippen molar-refractivity contribution in [1.29, 1.82) is 0 Å². The van der Waals surface area contributed by atoms with Crippen LogP contribution >= 0.6 is 0 Å². The monoisotopic (exact) mass is 277 g/mol. The Morgan fingerprint density at radius 3 is 2.12 bits per heavy atom. The molecule has 0 saturated heterocycles. The van der Waals surface area contributed by atoms with Gasteiger partial charge in [-0.3, -0.25) is 0 Å². The molecule has 0 aromatic heterocycles. The van der Waals surface area contributed by atoms with Gasteiger partial charge in [0.15, 0.2) is 0 Å². The Morgan fingerprint density at radius 1 is 1.00 bits per heavy atom. The lowest BCUT2D eigenvalue weighted by Crippen LogP contribution is -2.16. The van der Waals surface area contributed by atoms with E-state index < -0.39 is 22.6 Å². The van der Waals surface area contributed by atoms with E-state index in [1.807, 2.05) is 0 Å². The highest BCUT2D eigenvalue weighted by Crippen LogP contribution is 2.18. The maximum Gasteiger partial charge on any atom is 0.391 e. The average Bonchev–Trinajstić information content (AvgIpc) is 2.11. The van der Waals surface area contributed by atoms with Gasteiger partial charge in [0.25, 0.3) is 0 Å². The third kappa shape index (κ3) is 15.7. The van der Waals surface area contributed by atoms with Gasteiger partial charge in [0.1, 0.15) is 0 Å². The number of hydrogen-bond donors (Lipinski definition) is 1. The molecule has 0 saturated carbocycles. The van der Waals surface area contributed by atoms with E-state index >= 15 is 0 Å². The van der Waals surface area contributed by atoms with E-state index in [-0.39, 0.29) is 19.0 Å². The predicted octanol–water partition coefficient (Wildman–Crippen LogP) is 1.80.